The van der Waals surface area contributed by atoms with E-state index in [1.54, 1.807) is 14.2 Å². The lowest BCUT2D eigenvalue weighted by atomic mass is 10.3. The third-order valence-electron chi connectivity index (χ3n) is 2.44. The second kappa shape index (κ2) is 4.94. The van der Waals surface area contributed by atoms with Crippen LogP contribution >= 0.6 is 0 Å². The summed E-state index contributed by atoms with van der Waals surface area (Å²) in [5.41, 5.74) is 0.761. The maximum absolute atomic E-state index is 5.22. The van der Waals surface area contributed by atoms with E-state index in [9.17, 15) is 0 Å². The van der Waals surface area contributed by atoms with E-state index in [1.807, 2.05) is 22.7 Å². The predicted molar refractivity (Wildman–Crippen MR) is 59.7 cm³/mol. The fourth-order valence-electron chi connectivity index (χ4n) is 1.64. The molecule has 0 spiro atoms. The molecule has 0 aliphatic rings. The Hall–Kier alpha value is -1.62. The highest BCUT2D eigenvalue weighted by Crippen LogP contribution is 2.17. The van der Waals surface area contributed by atoms with Crippen molar-refractivity contribution in [3.05, 3.63) is 24.2 Å². The van der Waals surface area contributed by atoms with E-state index in [2.05, 4.69) is 10.2 Å². The van der Waals surface area contributed by atoms with Crippen molar-refractivity contribution in [2.75, 3.05) is 20.8 Å². The number of pyridine rings is 1. The zero-order valence-corrected chi connectivity index (χ0v) is 9.51. The lowest BCUT2D eigenvalue weighted by Gasteiger charge is -2.02. The molecule has 2 rings (SSSR count). The topological polar surface area (TPSA) is 48.7 Å². The second-order valence-electron chi connectivity index (χ2n) is 3.48. The Morgan fingerprint density at radius 3 is 2.94 bits per heavy atom. The Balaban J connectivity index is 2.27. The first-order valence-corrected chi connectivity index (χ1v) is 5.22. The fraction of sp³-hybridized carbons (Fsp3) is 0.455. The van der Waals surface area contributed by atoms with Crippen LogP contribution in [0.5, 0.6) is 5.75 Å². The lowest BCUT2D eigenvalue weighted by molar-refractivity contribution is 0.194. The van der Waals surface area contributed by atoms with Crippen molar-refractivity contribution >= 4 is 5.65 Å². The maximum atomic E-state index is 5.22. The molecule has 0 saturated carbocycles. The summed E-state index contributed by atoms with van der Waals surface area (Å²) in [5, 5.41) is 8.27. The molecule has 5 nitrogen and oxygen atoms in total. The van der Waals surface area contributed by atoms with Gasteiger partial charge in [-0.15, -0.1) is 10.2 Å². The quantitative estimate of drug-likeness (QED) is 0.714. The molecule has 0 aliphatic carbocycles. The van der Waals surface area contributed by atoms with Crippen LogP contribution in [-0.2, 0) is 11.2 Å². The molecule has 0 unspecified atom stereocenters. The van der Waals surface area contributed by atoms with Crippen molar-refractivity contribution in [3.8, 4) is 5.75 Å². The van der Waals surface area contributed by atoms with Gasteiger partial charge in [-0.05, 0) is 18.6 Å². The number of ether oxygens (including phenoxy) is 2. The summed E-state index contributed by atoms with van der Waals surface area (Å²) in [6, 6.07) is 3.80. The number of hydrogen-bond acceptors (Lipinski definition) is 4. The zero-order chi connectivity index (χ0) is 11.4. The van der Waals surface area contributed by atoms with Gasteiger partial charge in [-0.3, -0.25) is 4.40 Å². The molecule has 2 aromatic rings. The lowest BCUT2D eigenvalue weighted by Crippen LogP contribution is -1.98. The van der Waals surface area contributed by atoms with Gasteiger partial charge in [0.25, 0.3) is 0 Å². The highest BCUT2D eigenvalue weighted by molar-refractivity contribution is 5.52. The number of rotatable bonds is 5. The zero-order valence-electron chi connectivity index (χ0n) is 9.51. The third-order valence-corrected chi connectivity index (χ3v) is 2.44. The molecule has 0 aliphatic heterocycles. The van der Waals surface area contributed by atoms with Gasteiger partial charge in [-0.1, -0.05) is 0 Å². The average molecular weight is 221 g/mol. The standard InChI is InChI=1S/C11H15N3O2/c1-15-8-4-6-10-12-13-11-9(16-2)5-3-7-14(10)11/h3,5,7H,4,6,8H2,1-2H3. The Morgan fingerprint density at radius 1 is 1.31 bits per heavy atom. The first-order valence-electron chi connectivity index (χ1n) is 5.22. The molecule has 16 heavy (non-hydrogen) atoms. The van der Waals surface area contributed by atoms with Gasteiger partial charge in [0.1, 0.15) is 5.82 Å². The first kappa shape index (κ1) is 10.9. The van der Waals surface area contributed by atoms with Crippen LogP contribution in [0.25, 0.3) is 5.65 Å². The van der Waals surface area contributed by atoms with Crippen LogP contribution in [0.4, 0.5) is 0 Å². The van der Waals surface area contributed by atoms with Crippen molar-refractivity contribution in [1.82, 2.24) is 14.6 Å². The number of methoxy groups -OCH3 is 2. The SMILES string of the molecule is COCCCc1nnc2c(OC)cccn12. The number of fused-ring (bicyclic) bond motifs is 1. The van der Waals surface area contributed by atoms with Gasteiger partial charge in [0, 0.05) is 26.3 Å². The monoisotopic (exact) mass is 221 g/mol. The van der Waals surface area contributed by atoms with Crippen LogP contribution in [0.1, 0.15) is 12.2 Å². The number of aromatic nitrogens is 3. The number of hydrogen-bond donors (Lipinski definition) is 0. The smallest absolute Gasteiger partial charge is 0.203 e. The van der Waals surface area contributed by atoms with Gasteiger partial charge in [0.05, 0.1) is 7.11 Å². The first-order chi connectivity index (χ1) is 7.86. The van der Waals surface area contributed by atoms with Crippen molar-refractivity contribution in [3.63, 3.8) is 0 Å². The minimum absolute atomic E-state index is 0.735. The van der Waals surface area contributed by atoms with Gasteiger partial charge in [0.15, 0.2) is 5.75 Å². The van der Waals surface area contributed by atoms with Crippen LogP contribution in [0, 0.1) is 0 Å². The maximum Gasteiger partial charge on any atom is 0.203 e. The Bertz CT molecular complexity index is 467. The van der Waals surface area contributed by atoms with Crippen molar-refractivity contribution in [1.29, 1.82) is 0 Å². The summed E-state index contributed by atoms with van der Waals surface area (Å²) in [5.74, 6) is 1.68. The van der Waals surface area contributed by atoms with Gasteiger partial charge in [-0.2, -0.15) is 0 Å². The number of nitrogens with zero attached hydrogens (tertiary/aromatic N) is 3. The fourth-order valence-corrected chi connectivity index (χ4v) is 1.64. The van der Waals surface area contributed by atoms with Crippen molar-refractivity contribution in [2.45, 2.75) is 12.8 Å². The highest BCUT2D eigenvalue weighted by Gasteiger charge is 2.08. The van der Waals surface area contributed by atoms with Crippen LogP contribution in [0.3, 0.4) is 0 Å². The molecule has 0 radical (unpaired) electrons. The summed E-state index contributed by atoms with van der Waals surface area (Å²) in [6.45, 7) is 0.735. The van der Waals surface area contributed by atoms with E-state index in [0.29, 0.717) is 0 Å². The molecule has 0 saturated heterocycles. The number of aryl methyl sites for hydroxylation is 1. The molecule has 86 valence electrons. The summed E-state index contributed by atoms with van der Waals surface area (Å²) >= 11 is 0. The van der Waals surface area contributed by atoms with Crippen LogP contribution in [-0.4, -0.2) is 35.4 Å². The molecular weight excluding hydrogens is 206 g/mol. The summed E-state index contributed by atoms with van der Waals surface area (Å²) in [7, 11) is 3.33. The Morgan fingerprint density at radius 2 is 2.19 bits per heavy atom. The van der Waals surface area contributed by atoms with Gasteiger partial charge in [-0.25, -0.2) is 0 Å². The van der Waals surface area contributed by atoms with E-state index in [0.717, 1.165) is 36.7 Å². The van der Waals surface area contributed by atoms with Crippen molar-refractivity contribution < 1.29 is 9.47 Å². The van der Waals surface area contributed by atoms with E-state index < -0.39 is 0 Å². The van der Waals surface area contributed by atoms with E-state index in [1.165, 1.54) is 0 Å². The summed E-state index contributed by atoms with van der Waals surface area (Å²) in [4.78, 5) is 0. The van der Waals surface area contributed by atoms with Crippen molar-refractivity contribution in [2.24, 2.45) is 0 Å². The second-order valence-corrected chi connectivity index (χ2v) is 3.48. The van der Waals surface area contributed by atoms with Crippen LogP contribution in [0.15, 0.2) is 18.3 Å². The largest absolute Gasteiger partial charge is 0.493 e. The van der Waals surface area contributed by atoms with Gasteiger partial charge >= 0.3 is 0 Å². The normalized spacial score (nSPS) is 10.9. The van der Waals surface area contributed by atoms with E-state index in [-0.39, 0.29) is 0 Å². The summed E-state index contributed by atoms with van der Waals surface area (Å²) in [6.07, 6.45) is 3.73. The van der Waals surface area contributed by atoms with Crippen LogP contribution < -0.4 is 4.74 Å². The molecule has 0 fully saturated rings. The molecule has 5 heteroatoms. The van der Waals surface area contributed by atoms with Crippen LogP contribution in [0.2, 0.25) is 0 Å². The highest BCUT2D eigenvalue weighted by atomic mass is 16.5. The van der Waals surface area contributed by atoms with Gasteiger partial charge in [0.2, 0.25) is 5.65 Å². The molecule has 0 amide bonds. The molecule has 2 heterocycles. The molecule has 0 N–H and O–H groups in total. The van der Waals surface area contributed by atoms with E-state index >= 15 is 0 Å². The van der Waals surface area contributed by atoms with Gasteiger partial charge < -0.3 is 9.47 Å². The Kier molecular flexibility index (Phi) is 3.36. The molecule has 0 bridgehead atoms. The summed E-state index contributed by atoms with van der Waals surface area (Å²) < 4.78 is 12.2. The molecule has 2 aromatic heterocycles. The molecular formula is C11H15N3O2. The third kappa shape index (κ3) is 1.99. The predicted octanol–water partition coefficient (Wildman–Crippen LogP) is 1.32. The molecule has 0 aromatic carbocycles. The Labute approximate surface area is 94.0 Å². The average Bonchev–Trinajstić information content (AvgIpc) is 2.73. The minimum Gasteiger partial charge on any atom is -0.493 e. The minimum atomic E-state index is 0.735. The molecule has 0 atom stereocenters. The van der Waals surface area contributed by atoms with E-state index in [4.69, 9.17) is 9.47 Å².